The Labute approximate surface area is 656 Å². The number of rotatable bonds is 8. The van der Waals surface area contributed by atoms with Gasteiger partial charge in [-0.05, 0) is 137 Å². The molecule has 12 aromatic rings. The summed E-state index contributed by atoms with van der Waals surface area (Å²) in [6.45, 7) is 15.6. The molecule has 0 saturated heterocycles. The molecule has 0 saturated carbocycles. The van der Waals surface area contributed by atoms with Gasteiger partial charge >= 0.3 is 6.18 Å². The van der Waals surface area contributed by atoms with Gasteiger partial charge in [-0.15, -0.1) is 113 Å². The standard InChI is InChI=1S/C16H9F3N.2C16H12N.C15H8F2N.4C5H8O2.4Ir/c17-16(18,19)13-8-5-12(6-9-13)15-10-7-11-3-1-2-4-14(11)20-15;1-12-5-4-7-14(11-12)16-10-9-13-6-2-3-8-15(13)17-16;1-12-11-16(13-7-3-2-4-8-13)17-15-10-6-5-9-14(12)15;16-11-6-7-12(13(17)9-11)15-8-5-10-3-1-2-4-14(10)18-15;4*1-4(6)3-5(2)7;;;;/h1-5,7-10H;2-6,8-11H,1H3;2-7,9-11H,1H3;1-6,8-9H;4*3,6H,1-2H3;;;;/q4*-1;;;;;;;;. The van der Waals surface area contributed by atoms with Crippen LogP contribution in [0.15, 0.2) is 260 Å². The molecule has 0 atom stereocenters. The molecule has 0 unspecified atom stereocenters. The molecule has 12 rings (SSSR count). The molecule has 548 valence electrons. The van der Waals surface area contributed by atoms with Crippen LogP contribution in [0.25, 0.3) is 88.6 Å². The number of aromatic nitrogens is 4. The molecule has 0 aliphatic rings. The number of nitrogens with zero attached hydrogens (tertiary/aromatic N) is 4. The fraction of sp³-hybridized carbons (Fsp3) is 0.133. The van der Waals surface area contributed by atoms with Crippen LogP contribution in [0.2, 0.25) is 0 Å². The van der Waals surface area contributed by atoms with Crippen molar-refractivity contribution in [3.05, 3.63) is 312 Å². The number of carbonyl (C=O) groups is 4. The molecule has 0 fully saturated rings. The smallest absolute Gasteiger partial charge is 0.381 e. The minimum atomic E-state index is -4.34. The zero-order valence-electron chi connectivity index (χ0n) is 58.0. The van der Waals surface area contributed by atoms with Gasteiger partial charge in [0.25, 0.3) is 0 Å². The fourth-order valence-electron chi connectivity index (χ4n) is 8.98. The van der Waals surface area contributed by atoms with Gasteiger partial charge in [0.2, 0.25) is 0 Å². The number of benzene rings is 8. The summed E-state index contributed by atoms with van der Waals surface area (Å²) < 4.78 is 63.9. The molecule has 4 heterocycles. The molecule has 21 heteroatoms. The fourth-order valence-corrected chi connectivity index (χ4v) is 8.98. The van der Waals surface area contributed by atoms with E-state index in [0.29, 0.717) is 17.0 Å². The minimum absolute atomic E-state index is 0. The first-order chi connectivity index (χ1) is 47.4. The van der Waals surface area contributed by atoms with E-state index in [0.717, 1.165) is 79.6 Å². The Hall–Kier alpha value is -9.51. The number of alkyl halides is 3. The summed E-state index contributed by atoms with van der Waals surface area (Å²) in [7, 11) is 0. The third-order valence-corrected chi connectivity index (χ3v) is 13.1. The number of aliphatic hydroxyl groups excluding tert-OH is 4. The Morgan fingerprint density at radius 2 is 0.779 bits per heavy atom. The van der Waals surface area contributed by atoms with E-state index in [1.807, 2.05) is 133 Å². The third-order valence-electron chi connectivity index (χ3n) is 13.1. The van der Waals surface area contributed by atoms with Crippen molar-refractivity contribution in [2.24, 2.45) is 0 Å². The number of aliphatic hydroxyl groups is 4. The Bertz CT molecular complexity index is 4770. The molecule has 0 amide bonds. The topological polar surface area (TPSA) is 201 Å². The maximum Gasteiger partial charge on any atom is 0.381 e. The molecule has 104 heavy (non-hydrogen) atoms. The number of carbonyl (C=O) groups excluding carboxylic acids is 4. The van der Waals surface area contributed by atoms with Crippen LogP contribution in [0.1, 0.15) is 72.1 Å². The third kappa shape index (κ3) is 33.3. The van der Waals surface area contributed by atoms with Crippen LogP contribution in [0.5, 0.6) is 0 Å². The maximum absolute atomic E-state index is 13.6. The molecule has 0 aliphatic carbocycles. The van der Waals surface area contributed by atoms with E-state index in [-0.39, 0.29) is 132 Å². The Morgan fingerprint density at radius 1 is 0.385 bits per heavy atom. The van der Waals surface area contributed by atoms with E-state index in [4.69, 9.17) is 20.4 Å². The zero-order valence-corrected chi connectivity index (χ0v) is 67.5. The molecule has 4 N–H and O–H groups in total. The largest absolute Gasteiger partial charge is 0.512 e. The molecular formula is C83H73F5Ir4N4O8-4. The van der Waals surface area contributed by atoms with E-state index in [1.54, 1.807) is 12.1 Å². The summed E-state index contributed by atoms with van der Waals surface area (Å²) in [6, 6.07) is 76.0. The number of allylic oxidation sites excluding steroid dienone is 8. The second kappa shape index (κ2) is 47.0. The van der Waals surface area contributed by atoms with Crippen molar-refractivity contribution in [2.45, 2.75) is 75.4 Å². The van der Waals surface area contributed by atoms with Crippen molar-refractivity contribution in [1.82, 2.24) is 19.9 Å². The van der Waals surface area contributed by atoms with Gasteiger partial charge in [0.15, 0.2) is 23.1 Å². The molecule has 4 aromatic heterocycles. The first-order valence-corrected chi connectivity index (χ1v) is 30.8. The van der Waals surface area contributed by atoms with Crippen molar-refractivity contribution in [3.63, 3.8) is 0 Å². The summed E-state index contributed by atoms with van der Waals surface area (Å²) in [6.07, 6.45) is 0.325. The second-order valence-corrected chi connectivity index (χ2v) is 22.2. The molecule has 4 radical (unpaired) electrons. The number of halogens is 5. The van der Waals surface area contributed by atoms with Crippen molar-refractivity contribution in [3.8, 4) is 45.0 Å². The van der Waals surface area contributed by atoms with Gasteiger partial charge in [-0.25, -0.2) is 0 Å². The number of ketones is 4. The van der Waals surface area contributed by atoms with E-state index in [9.17, 15) is 41.1 Å². The maximum atomic E-state index is 13.6. The van der Waals surface area contributed by atoms with Crippen LogP contribution >= 0.6 is 0 Å². The molecular weight excluding hydrogens is 2040 g/mol. The Morgan fingerprint density at radius 3 is 1.17 bits per heavy atom. The van der Waals surface area contributed by atoms with Gasteiger partial charge in [-0.2, -0.15) is 13.2 Å². The number of para-hydroxylation sites is 4. The van der Waals surface area contributed by atoms with Gasteiger partial charge in [0.05, 0.1) is 45.1 Å². The molecule has 12 nitrogen and oxygen atoms in total. The van der Waals surface area contributed by atoms with Crippen molar-refractivity contribution >= 4 is 66.7 Å². The summed E-state index contributed by atoms with van der Waals surface area (Å²) in [4.78, 5) is 58.2. The summed E-state index contributed by atoms with van der Waals surface area (Å²) in [5.74, 6) is -1.55. The molecule has 0 aliphatic heterocycles. The summed E-state index contributed by atoms with van der Waals surface area (Å²) in [5.41, 5.74) is 11.3. The Kier molecular flexibility index (Phi) is 41.8. The van der Waals surface area contributed by atoms with Crippen LogP contribution in [0.3, 0.4) is 0 Å². The molecule has 0 bridgehead atoms. The minimum Gasteiger partial charge on any atom is -0.512 e. The number of hydrogen-bond acceptors (Lipinski definition) is 12. The SMILES string of the molecule is CC(=O)C=C(C)O.CC(=O)C=C(C)O.CC(=O)C=C(C)O.CC(=O)C=C(C)O.Cc1cc(-c2[c-]cccc2)nc2ccccc12.Cc1cc[c-]c(-c2ccc3ccccc3n2)c1.FC(F)(F)c1c[c-]c(-c2ccc3ccccc3n2)cc1.Fc1c[c-]c(-c2ccc3ccccc3n2)c(F)c1.[Ir].[Ir].[Ir].[Ir]. The summed E-state index contributed by atoms with van der Waals surface area (Å²) in [5, 5.41) is 37.8. The quantitative estimate of drug-likeness (QED) is 0.0486. The van der Waals surface area contributed by atoms with Crippen molar-refractivity contribution < 1.29 is 142 Å². The van der Waals surface area contributed by atoms with Gasteiger partial charge in [-0.3, -0.25) is 47.9 Å². The van der Waals surface area contributed by atoms with Gasteiger partial charge in [0, 0.05) is 122 Å². The van der Waals surface area contributed by atoms with Gasteiger partial charge < -0.3 is 20.4 Å². The van der Waals surface area contributed by atoms with Crippen LogP contribution in [0, 0.1) is 49.7 Å². The van der Waals surface area contributed by atoms with Crippen LogP contribution in [-0.2, 0) is 106 Å². The normalized spacial score (nSPS) is 10.7. The Balaban J connectivity index is 0.000000613. The summed E-state index contributed by atoms with van der Waals surface area (Å²) >= 11 is 0. The van der Waals surface area contributed by atoms with Crippen molar-refractivity contribution in [2.75, 3.05) is 0 Å². The molecule has 8 aromatic carbocycles. The number of pyridine rings is 4. The molecule has 0 spiro atoms. The zero-order chi connectivity index (χ0) is 73.5. The van der Waals surface area contributed by atoms with Crippen LogP contribution < -0.4 is 0 Å². The monoisotopic (exact) mass is 2120 g/mol. The second-order valence-electron chi connectivity index (χ2n) is 22.2. The first-order valence-electron chi connectivity index (χ1n) is 30.8. The predicted molar refractivity (Wildman–Crippen MR) is 387 cm³/mol. The van der Waals surface area contributed by atoms with E-state index in [1.165, 1.54) is 108 Å². The number of hydrogen-bond donors (Lipinski definition) is 4. The van der Waals surface area contributed by atoms with E-state index < -0.39 is 23.4 Å². The van der Waals surface area contributed by atoms with Gasteiger partial charge in [0.1, 0.15) is 0 Å². The average molecular weight is 2120 g/mol. The number of fused-ring (bicyclic) bond motifs is 4. The average Bonchev–Trinajstić information content (AvgIpc) is 0.828. The predicted octanol–water partition coefficient (Wildman–Crippen LogP) is 20.9. The number of aryl methyl sites for hydroxylation is 2. The van der Waals surface area contributed by atoms with E-state index >= 15 is 0 Å². The van der Waals surface area contributed by atoms with E-state index in [2.05, 4.69) is 94.4 Å². The van der Waals surface area contributed by atoms with Crippen molar-refractivity contribution in [1.29, 1.82) is 0 Å². The van der Waals surface area contributed by atoms with Crippen LogP contribution in [0.4, 0.5) is 22.0 Å². The first kappa shape index (κ1) is 92.5. The van der Waals surface area contributed by atoms with Crippen LogP contribution in [-0.4, -0.2) is 63.5 Å². The van der Waals surface area contributed by atoms with Gasteiger partial charge in [-0.1, -0.05) is 134 Å².